The van der Waals surface area contributed by atoms with Crippen molar-refractivity contribution >= 4 is 23.8 Å². The number of carbonyl (C=O) groups is 4. The van der Waals surface area contributed by atoms with E-state index in [1.54, 1.807) is 45.0 Å². The number of benzene rings is 1. The molecule has 4 amide bonds. The van der Waals surface area contributed by atoms with Crippen LogP contribution in [0.25, 0.3) is 0 Å². The normalized spacial score (nSPS) is 15.1. The van der Waals surface area contributed by atoms with Crippen LogP contribution in [0.15, 0.2) is 24.3 Å². The predicted molar refractivity (Wildman–Crippen MR) is 164 cm³/mol. The molecule has 232 valence electrons. The standard InChI is InChI=1S/C33H50N4O5/c1-6-8-9-10-11-17-22-37(31(40)27(23-28(34)38)36-32(41)42-33(3,4)5)29(26-21-16-15-18-24(26)7-2)30(39)35-25-19-13-12-14-20-25/h2,15-16,18,21,25,27,29H,6,8-14,17,19-20,22-23H2,1,3-5H3,(H2,34,38)(H,35,39)(H,36,41). The summed E-state index contributed by atoms with van der Waals surface area (Å²) in [6.45, 7) is 7.48. The van der Waals surface area contributed by atoms with Gasteiger partial charge in [0.15, 0.2) is 0 Å². The molecule has 1 aliphatic rings. The first-order chi connectivity index (χ1) is 20.0. The van der Waals surface area contributed by atoms with Gasteiger partial charge in [0.05, 0.1) is 6.42 Å². The second-order valence-electron chi connectivity index (χ2n) is 12.1. The number of primary amides is 1. The fourth-order valence-corrected chi connectivity index (χ4v) is 5.32. The number of carbonyl (C=O) groups excluding carboxylic acids is 4. The van der Waals surface area contributed by atoms with E-state index in [-0.39, 0.29) is 18.5 Å². The highest BCUT2D eigenvalue weighted by Gasteiger charge is 2.38. The lowest BCUT2D eigenvalue weighted by Gasteiger charge is -2.36. The van der Waals surface area contributed by atoms with Crippen LogP contribution in [0.2, 0.25) is 0 Å². The Morgan fingerprint density at radius 3 is 2.31 bits per heavy atom. The summed E-state index contributed by atoms with van der Waals surface area (Å²) < 4.78 is 5.37. The van der Waals surface area contributed by atoms with Gasteiger partial charge < -0.3 is 26.0 Å². The van der Waals surface area contributed by atoms with Crippen LogP contribution in [-0.2, 0) is 19.1 Å². The summed E-state index contributed by atoms with van der Waals surface area (Å²) in [4.78, 5) is 54.6. The van der Waals surface area contributed by atoms with E-state index < -0.39 is 42.0 Å². The average molecular weight is 583 g/mol. The van der Waals surface area contributed by atoms with E-state index in [1.165, 1.54) is 4.90 Å². The van der Waals surface area contributed by atoms with E-state index >= 15 is 0 Å². The maximum atomic E-state index is 14.3. The van der Waals surface area contributed by atoms with Crippen LogP contribution in [0.5, 0.6) is 0 Å². The lowest BCUT2D eigenvalue weighted by molar-refractivity contribution is -0.143. The van der Waals surface area contributed by atoms with E-state index in [9.17, 15) is 19.2 Å². The minimum Gasteiger partial charge on any atom is -0.444 e. The van der Waals surface area contributed by atoms with Crippen molar-refractivity contribution in [1.29, 1.82) is 0 Å². The van der Waals surface area contributed by atoms with Crippen molar-refractivity contribution in [3.63, 3.8) is 0 Å². The fourth-order valence-electron chi connectivity index (χ4n) is 5.32. The molecule has 2 atom stereocenters. The second kappa shape index (κ2) is 17.4. The molecular weight excluding hydrogens is 532 g/mol. The quantitative estimate of drug-likeness (QED) is 0.195. The van der Waals surface area contributed by atoms with Crippen molar-refractivity contribution in [1.82, 2.24) is 15.5 Å². The van der Waals surface area contributed by atoms with E-state index in [0.717, 1.165) is 64.2 Å². The lowest BCUT2D eigenvalue weighted by Crippen LogP contribution is -2.55. The Hall–Kier alpha value is -3.54. The Morgan fingerprint density at radius 1 is 1.05 bits per heavy atom. The molecule has 4 N–H and O–H groups in total. The molecule has 0 aromatic heterocycles. The van der Waals surface area contributed by atoms with Gasteiger partial charge in [-0.05, 0) is 51.7 Å². The molecular formula is C33H50N4O5. The van der Waals surface area contributed by atoms with Crippen molar-refractivity contribution in [2.45, 2.75) is 128 Å². The van der Waals surface area contributed by atoms with Gasteiger partial charge in [0, 0.05) is 18.2 Å². The second-order valence-corrected chi connectivity index (χ2v) is 12.1. The number of alkyl carbamates (subject to hydrolysis) is 1. The molecule has 9 heteroatoms. The third-order valence-electron chi connectivity index (χ3n) is 7.35. The van der Waals surface area contributed by atoms with Crippen molar-refractivity contribution < 1.29 is 23.9 Å². The summed E-state index contributed by atoms with van der Waals surface area (Å²) >= 11 is 0. The van der Waals surface area contributed by atoms with Gasteiger partial charge in [0.1, 0.15) is 17.7 Å². The first-order valence-corrected chi connectivity index (χ1v) is 15.4. The van der Waals surface area contributed by atoms with E-state index in [2.05, 4.69) is 23.5 Å². The Morgan fingerprint density at radius 2 is 1.69 bits per heavy atom. The molecule has 1 aromatic carbocycles. The van der Waals surface area contributed by atoms with E-state index in [1.807, 2.05) is 0 Å². The summed E-state index contributed by atoms with van der Waals surface area (Å²) in [6.07, 6.45) is 15.3. The number of nitrogens with zero attached hydrogens (tertiary/aromatic N) is 1. The summed E-state index contributed by atoms with van der Waals surface area (Å²) in [5.41, 5.74) is 5.70. The first kappa shape index (κ1) is 34.7. The largest absolute Gasteiger partial charge is 0.444 e. The Kier molecular flexibility index (Phi) is 14.4. The van der Waals surface area contributed by atoms with Crippen molar-refractivity contribution in [3.05, 3.63) is 35.4 Å². The number of unbranched alkanes of at least 4 members (excludes halogenated alkanes) is 5. The van der Waals surface area contributed by atoms with Crippen LogP contribution in [-0.4, -0.2) is 52.9 Å². The zero-order valence-corrected chi connectivity index (χ0v) is 25.9. The number of hydrogen-bond acceptors (Lipinski definition) is 5. The molecule has 1 aliphatic carbocycles. The van der Waals surface area contributed by atoms with Crippen LogP contribution >= 0.6 is 0 Å². The summed E-state index contributed by atoms with van der Waals surface area (Å²) in [5, 5.41) is 5.70. The number of nitrogens with two attached hydrogens (primary N) is 1. The average Bonchev–Trinajstić information content (AvgIpc) is 2.93. The molecule has 0 heterocycles. The van der Waals surface area contributed by atoms with Gasteiger partial charge >= 0.3 is 6.09 Å². The van der Waals surface area contributed by atoms with Crippen molar-refractivity contribution in [3.8, 4) is 12.3 Å². The fraction of sp³-hybridized carbons (Fsp3) is 0.636. The zero-order valence-electron chi connectivity index (χ0n) is 25.9. The van der Waals surface area contributed by atoms with Gasteiger partial charge in [-0.25, -0.2) is 4.79 Å². The SMILES string of the molecule is C#Cc1ccccc1C(C(=O)NC1CCCCC1)N(CCCCCCCC)C(=O)C(CC(N)=O)NC(=O)OC(C)(C)C. The third-order valence-corrected chi connectivity index (χ3v) is 7.35. The molecule has 1 aromatic rings. The molecule has 42 heavy (non-hydrogen) atoms. The molecule has 2 rings (SSSR count). The summed E-state index contributed by atoms with van der Waals surface area (Å²) in [6, 6.07) is 4.69. The van der Waals surface area contributed by atoms with Gasteiger partial charge in [-0.1, -0.05) is 82.4 Å². The first-order valence-electron chi connectivity index (χ1n) is 15.4. The number of rotatable bonds is 15. The molecule has 0 aliphatic heterocycles. The molecule has 0 saturated heterocycles. The van der Waals surface area contributed by atoms with E-state index in [4.69, 9.17) is 16.9 Å². The Labute approximate surface area is 251 Å². The number of ether oxygens (including phenoxy) is 1. The summed E-state index contributed by atoms with van der Waals surface area (Å²) in [7, 11) is 0. The van der Waals surface area contributed by atoms with E-state index in [0.29, 0.717) is 17.5 Å². The highest BCUT2D eigenvalue weighted by Crippen LogP contribution is 2.28. The zero-order chi connectivity index (χ0) is 31.1. The van der Waals surface area contributed by atoms with Gasteiger partial charge in [-0.3, -0.25) is 14.4 Å². The monoisotopic (exact) mass is 582 g/mol. The van der Waals surface area contributed by atoms with Crippen LogP contribution < -0.4 is 16.4 Å². The number of nitrogens with one attached hydrogen (secondary N) is 2. The van der Waals surface area contributed by atoms with Gasteiger partial charge in [-0.15, -0.1) is 6.42 Å². The number of hydrogen-bond donors (Lipinski definition) is 3. The third kappa shape index (κ3) is 11.8. The van der Waals surface area contributed by atoms with Crippen LogP contribution in [0.1, 0.15) is 122 Å². The minimum absolute atomic E-state index is 0.000881. The van der Waals surface area contributed by atoms with Gasteiger partial charge in [-0.2, -0.15) is 0 Å². The van der Waals surface area contributed by atoms with Crippen LogP contribution in [0.3, 0.4) is 0 Å². The molecule has 0 radical (unpaired) electrons. The molecule has 1 fully saturated rings. The smallest absolute Gasteiger partial charge is 0.408 e. The van der Waals surface area contributed by atoms with Crippen LogP contribution in [0, 0.1) is 12.3 Å². The minimum atomic E-state index is -1.32. The molecule has 9 nitrogen and oxygen atoms in total. The summed E-state index contributed by atoms with van der Waals surface area (Å²) in [5.74, 6) is 0.961. The maximum Gasteiger partial charge on any atom is 0.408 e. The molecule has 1 saturated carbocycles. The number of amides is 4. The topological polar surface area (TPSA) is 131 Å². The van der Waals surface area contributed by atoms with Crippen molar-refractivity contribution in [2.75, 3.05) is 6.54 Å². The van der Waals surface area contributed by atoms with Crippen LogP contribution in [0.4, 0.5) is 4.79 Å². The maximum absolute atomic E-state index is 14.3. The number of terminal acetylenes is 1. The highest BCUT2D eigenvalue weighted by molar-refractivity contribution is 5.94. The van der Waals surface area contributed by atoms with Gasteiger partial charge in [0.25, 0.3) is 0 Å². The highest BCUT2D eigenvalue weighted by atomic mass is 16.6. The van der Waals surface area contributed by atoms with Gasteiger partial charge in [0.2, 0.25) is 17.7 Å². The molecule has 2 unspecified atom stereocenters. The predicted octanol–water partition coefficient (Wildman–Crippen LogP) is 5.12. The molecule has 0 bridgehead atoms. The lowest BCUT2D eigenvalue weighted by atomic mass is 9.93. The molecule has 0 spiro atoms. The Bertz CT molecular complexity index is 1080. The Balaban J connectivity index is 2.50. The van der Waals surface area contributed by atoms with Crippen molar-refractivity contribution in [2.24, 2.45) is 5.73 Å².